The zero-order valence-electron chi connectivity index (χ0n) is 26.6. The summed E-state index contributed by atoms with van der Waals surface area (Å²) in [6, 6.07) is 0.849. The molecule has 2 saturated heterocycles. The normalized spacial score (nSPS) is 23.1. The number of hydrogen-bond donors (Lipinski definition) is 2. The van der Waals surface area contributed by atoms with Crippen molar-refractivity contribution in [1.82, 2.24) is 44.9 Å². The largest absolute Gasteiger partial charge is 0.393 e. The van der Waals surface area contributed by atoms with Gasteiger partial charge in [0, 0.05) is 44.5 Å². The fourth-order valence-electron chi connectivity index (χ4n) is 6.53. The molecule has 2 N–H and O–H groups in total. The van der Waals surface area contributed by atoms with E-state index < -0.39 is 48.3 Å². The maximum Gasteiger partial charge on any atom is 0.393 e. The first-order valence-corrected chi connectivity index (χ1v) is 16.3. The van der Waals surface area contributed by atoms with Gasteiger partial charge >= 0.3 is 6.18 Å². The molecule has 2 aliphatic heterocycles. The molecule has 0 spiro atoms. The third-order valence-corrected chi connectivity index (χ3v) is 9.30. The zero-order valence-corrected chi connectivity index (χ0v) is 26.6. The van der Waals surface area contributed by atoms with E-state index in [1.54, 1.807) is 6.07 Å². The van der Waals surface area contributed by atoms with Gasteiger partial charge in [0.2, 0.25) is 11.8 Å². The van der Waals surface area contributed by atoms with Crippen molar-refractivity contribution in [3.63, 3.8) is 0 Å². The van der Waals surface area contributed by atoms with Crippen LogP contribution in [-0.2, 0) is 17.8 Å². The Balaban J connectivity index is 0.000000549. The standard InChI is InChI=1S/C25H29F5N8O2.C6H13N/c1-2-37-19(5-8-33-37)22(40)35-20(14-3-6-24(26,27)7-4-14)18-13-38-23(34-18)32-12-17(36-38)10-15-9-16(25(28,29)30)11-31-21(15)39;1-7-5-3-2-4-6-7/h5,8,12-16,20H,2-4,6-7,9-11H2,1H3,(H,31,39)(H,35,40);2-6H2,1H3. The molecule has 3 atom stereocenters. The van der Waals surface area contributed by atoms with Gasteiger partial charge in [0.25, 0.3) is 11.7 Å². The predicted octanol–water partition coefficient (Wildman–Crippen LogP) is 4.60. The average molecular weight is 668 g/mol. The number of alkyl halides is 5. The van der Waals surface area contributed by atoms with Crippen LogP contribution >= 0.6 is 0 Å². The quantitative estimate of drug-likeness (QED) is 0.354. The van der Waals surface area contributed by atoms with Crippen LogP contribution in [-0.4, -0.2) is 84.9 Å². The monoisotopic (exact) mass is 667 g/mol. The first-order valence-electron chi connectivity index (χ1n) is 16.3. The third-order valence-electron chi connectivity index (χ3n) is 9.30. The van der Waals surface area contributed by atoms with Crippen molar-refractivity contribution in [3.05, 3.63) is 41.7 Å². The van der Waals surface area contributed by atoms with Crippen LogP contribution in [0.15, 0.2) is 24.7 Å². The Kier molecular flexibility index (Phi) is 10.8. The number of nitrogens with zero attached hydrogens (tertiary/aromatic N) is 7. The van der Waals surface area contributed by atoms with Gasteiger partial charge in [-0.05, 0) is 71.1 Å². The molecule has 1 aliphatic carbocycles. The molecule has 16 heteroatoms. The summed E-state index contributed by atoms with van der Waals surface area (Å²) in [5.74, 6) is -6.38. The molecule has 258 valence electrons. The van der Waals surface area contributed by atoms with Crippen LogP contribution in [0.3, 0.4) is 0 Å². The molecule has 6 rings (SSSR count). The third kappa shape index (κ3) is 8.82. The second-order valence-electron chi connectivity index (χ2n) is 12.8. The lowest BCUT2D eigenvalue weighted by Gasteiger charge is -2.33. The molecule has 1 saturated carbocycles. The Hall–Kier alpha value is -3.69. The number of carbonyl (C=O) groups is 2. The van der Waals surface area contributed by atoms with Crippen LogP contribution in [0.4, 0.5) is 22.0 Å². The minimum atomic E-state index is -4.42. The lowest BCUT2D eigenvalue weighted by atomic mass is 9.81. The fraction of sp³-hybridized carbons (Fsp3) is 0.677. The maximum absolute atomic E-state index is 13.9. The topological polar surface area (TPSA) is 122 Å². The first kappa shape index (κ1) is 34.6. The van der Waals surface area contributed by atoms with Gasteiger partial charge in [-0.25, -0.2) is 23.3 Å². The highest BCUT2D eigenvalue weighted by molar-refractivity contribution is 5.92. The number of carbonyl (C=O) groups excluding carboxylic acids is 2. The van der Waals surface area contributed by atoms with E-state index in [4.69, 9.17) is 0 Å². The highest BCUT2D eigenvalue weighted by atomic mass is 19.4. The van der Waals surface area contributed by atoms with E-state index >= 15 is 0 Å². The van der Waals surface area contributed by atoms with E-state index in [0.29, 0.717) is 23.6 Å². The first-order chi connectivity index (χ1) is 22.3. The Morgan fingerprint density at radius 1 is 1.17 bits per heavy atom. The zero-order chi connectivity index (χ0) is 33.8. The second-order valence-corrected chi connectivity index (χ2v) is 12.8. The van der Waals surface area contributed by atoms with E-state index in [9.17, 15) is 31.5 Å². The summed E-state index contributed by atoms with van der Waals surface area (Å²) >= 11 is 0. The van der Waals surface area contributed by atoms with Gasteiger partial charge in [0.15, 0.2) is 0 Å². The van der Waals surface area contributed by atoms with Gasteiger partial charge in [-0.1, -0.05) is 6.42 Å². The van der Waals surface area contributed by atoms with Gasteiger partial charge in [-0.3, -0.25) is 14.3 Å². The number of amides is 2. The number of nitrogens with one attached hydrogen (secondary N) is 2. The van der Waals surface area contributed by atoms with Gasteiger partial charge < -0.3 is 15.5 Å². The van der Waals surface area contributed by atoms with Crippen molar-refractivity contribution in [2.24, 2.45) is 17.8 Å². The number of imidazole rings is 1. The molecule has 3 aliphatic rings. The van der Waals surface area contributed by atoms with Crippen molar-refractivity contribution >= 4 is 17.6 Å². The molecular formula is C31H42F5N9O2. The number of aromatic nitrogens is 6. The van der Waals surface area contributed by atoms with Crippen LogP contribution in [0, 0.1) is 17.8 Å². The predicted molar refractivity (Wildman–Crippen MR) is 162 cm³/mol. The molecule has 47 heavy (non-hydrogen) atoms. The SMILES string of the molecule is CCn1nccc1C(=O)NC(c1cn2nc(CC3CC(C(F)(F)F)CNC3=O)cnc2n1)C1CCC(F)(F)CC1.CN1CCCCC1. The number of fused-ring (bicyclic) bond motifs is 1. The smallest absolute Gasteiger partial charge is 0.355 e. The summed E-state index contributed by atoms with van der Waals surface area (Å²) in [5.41, 5.74) is 0.985. The van der Waals surface area contributed by atoms with E-state index in [1.165, 1.54) is 60.1 Å². The molecule has 0 bridgehead atoms. The Labute approximate surface area is 269 Å². The summed E-state index contributed by atoms with van der Waals surface area (Å²) < 4.78 is 70.3. The number of rotatable bonds is 7. The van der Waals surface area contributed by atoms with Crippen LogP contribution in [0.2, 0.25) is 0 Å². The molecule has 0 aromatic carbocycles. The lowest BCUT2D eigenvalue weighted by Crippen LogP contribution is -2.47. The summed E-state index contributed by atoms with van der Waals surface area (Å²) in [7, 11) is 2.19. The van der Waals surface area contributed by atoms with Crippen molar-refractivity contribution < 1.29 is 31.5 Å². The Bertz CT molecular complexity index is 1510. The minimum Gasteiger partial charge on any atom is -0.355 e. The molecule has 3 unspecified atom stereocenters. The van der Waals surface area contributed by atoms with Crippen molar-refractivity contribution in [3.8, 4) is 0 Å². The minimum absolute atomic E-state index is 0.0479. The molecule has 3 fully saturated rings. The lowest BCUT2D eigenvalue weighted by molar-refractivity contribution is -0.183. The highest BCUT2D eigenvalue weighted by Gasteiger charge is 2.45. The van der Waals surface area contributed by atoms with E-state index in [1.807, 2.05) is 6.92 Å². The number of hydrogen-bond acceptors (Lipinski definition) is 7. The van der Waals surface area contributed by atoms with Crippen LogP contribution < -0.4 is 10.6 Å². The van der Waals surface area contributed by atoms with E-state index in [-0.39, 0.29) is 50.2 Å². The van der Waals surface area contributed by atoms with Crippen LogP contribution in [0.1, 0.15) is 86.2 Å². The number of likely N-dealkylation sites (tertiary alicyclic amines) is 1. The molecule has 3 aromatic rings. The van der Waals surface area contributed by atoms with Crippen molar-refractivity contribution in [2.75, 3.05) is 26.7 Å². The van der Waals surface area contributed by atoms with Crippen LogP contribution in [0.25, 0.3) is 5.78 Å². The summed E-state index contributed by atoms with van der Waals surface area (Å²) in [5, 5.41) is 13.8. The average Bonchev–Trinajstić information content (AvgIpc) is 3.68. The second kappa shape index (κ2) is 14.6. The Morgan fingerprint density at radius 2 is 1.89 bits per heavy atom. The number of halogens is 5. The van der Waals surface area contributed by atoms with E-state index in [2.05, 4.69) is 42.7 Å². The van der Waals surface area contributed by atoms with Gasteiger partial charge in [0.1, 0.15) is 5.69 Å². The van der Waals surface area contributed by atoms with Gasteiger partial charge in [-0.15, -0.1) is 0 Å². The fourth-order valence-corrected chi connectivity index (χ4v) is 6.53. The van der Waals surface area contributed by atoms with Crippen molar-refractivity contribution in [1.29, 1.82) is 0 Å². The summed E-state index contributed by atoms with van der Waals surface area (Å²) in [6.45, 7) is 4.49. The molecule has 2 amide bonds. The summed E-state index contributed by atoms with van der Waals surface area (Å²) in [6.07, 6.45) is 3.55. The summed E-state index contributed by atoms with van der Waals surface area (Å²) in [4.78, 5) is 36.5. The van der Waals surface area contributed by atoms with Crippen molar-refractivity contribution in [2.45, 2.75) is 89.4 Å². The van der Waals surface area contributed by atoms with Crippen LogP contribution in [0.5, 0.6) is 0 Å². The molecule has 0 radical (unpaired) electrons. The number of aryl methyl sites for hydroxylation is 1. The molecule has 3 aromatic heterocycles. The Morgan fingerprint density at radius 3 is 2.53 bits per heavy atom. The number of piperidine rings is 2. The molecular weight excluding hydrogens is 625 g/mol. The van der Waals surface area contributed by atoms with Gasteiger partial charge in [-0.2, -0.15) is 23.4 Å². The molecule has 5 heterocycles. The molecule has 11 nitrogen and oxygen atoms in total. The van der Waals surface area contributed by atoms with E-state index in [0.717, 1.165) is 0 Å². The maximum atomic E-state index is 13.9. The van der Waals surface area contributed by atoms with Gasteiger partial charge in [0.05, 0.1) is 35.7 Å². The highest BCUT2D eigenvalue weighted by Crippen LogP contribution is 2.41.